The molecule has 2 rings (SSSR count). The highest BCUT2D eigenvalue weighted by Gasteiger charge is 2.19. The fraction of sp³-hybridized carbons (Fsp3) is 0.471. The smallest absolute Gasteiger partial charge is 0.0647 e. The van der Waals surface area contributed by atoms with Crippen LogP contribution in [0.25, 0.3) is 0 Å². The zero-order valence-corrected chi connectivity index (χ0v) is 13.4. The Morgan fingerprint density at radius 3 is 2.05 bits per heavy atom. The summed E-state index contributed by atoms with van der Waals surface area (Å²) in [6.45, 7) is 10.7. The first-order valence-electron chi connectivity index (χ1n) is 7.08. The van der Waals surface area contributed by atoms with Crippen molar-refractivity contribution in [2.45, 2.75) is 46.1 Å². The Morgan fingerprint density at radius 1 is 1.10 bits per heavy atom. The van der Waals surface area contributed by atoms with E-state index >= 15 is 0 Å². The number of aryl methyl sites for hydroxylation is 2. The summed E-state index contributed by atoms with van der Waals surface area (Å²) in [6, 6.07) is 8.51. The second-order valence-electron chi connectivity index (χ2n) is 6.56. The second-order valence-corrected chi connectivity index (χ2v) is 6.56. The highest BCUT2D eigenvalue weighted by molar-refractivity contribution is 5.38. The van der Waals surface area contributed by atoms with Gasteiger partial charge in [0.25, 0.3) is 0 Å². The molecule has 1 heterocycles. The van der Waals surface area contributed by atoms with Gasteiger partial charge in [0.2, 0.25) is 0 Å². The molecule has 20 heavy (non-hydrogen) atoms. The van der Waals surface area contributed by atoms with E-state index in [-0.39, 0.29) is 11.5 Å². The molecule has 0 spiro atoms. The van der Waals surface area contributed by atoms with Crippen LogP contribution in [0.4, 0.5) is 0 Å². The zero-order valence-electron chi connectivity index (χ0n) is 13.4. The molecule has 0 aliphatic rings. The number of benzene rings is 1. The van der Waals surface area contributed by atoms with Gasteiger partial charge in [-0.3, -0.25) is 4.68 Å². The minimum atomic E-state index is -0.113. The van der Waals surface area contributed by atoms with Gasteiger partial charge in [0.15, 0.2) is 0 Å². The van der Waals surface area contributed by atoms with Crippen molar-refractivity contribution in [3.63, 3.8) is 0 Å². The molecule has 0 bridgehead atoms. The van der Waals surface area contributed by atoms with E-state index in [1.165, 1.54) is 5.56 Å². The highest BCUT2D eigenvalue weighted by atomic mass is 15.3. The van der Waals surface area contributed by atoms with Gasteiger partial charge in [-0.05, 0) is 30.4 Å². The summed E-state index contributed by atoms with van der Waals surface area (Å²) in [5.74, 6) is 0. The van der Waals surface area contributed by atoms with Crippen molar-refractivity contribution in [1.82, 2.24) is 9.78 Å². The Kier molecular flexibility index (Phi) is 3.74. The number of nitrogens with zero attached hydrogens (tertiary/aromatic N) is 2. The third kappa shape index (κ3) is 2.63. The molecule has 108 valence electrons. The molecule has 3 nitrogen and oxygen atoms in total. The molecule has 0 aliphatic carbocycles. The maximum atomic E-state index is 6.44. The summed E-state index contributed by atoms with van der Waals surface area (Å²) in [7, 11) is 1.96. The van der Waals surface area contributed by atoms with Crippen LogP contribution in [-0.4, -0.2) is 9.78 Å². The standard InChI is InChI=1S/C17H25N3/c1-11-15(12(2)20(6)19-11)16(18)13-7-9-14(10-8-13)17(3,4)5/h7-10,16H,18H2,1-6H3. The minimum absolute atomic E-state index is 0.113. The molecule has 1 unspecified atom stereocenters. The summed E-state index contributed by atoms with van der Waals surface area (Å²) >= 11 is 0. The Morgan fingerprint density at radius 2 is 1.65 bits per heavy atom. The van der Waals surface area contributed by atoms with Crippen molar-refractivity contribution in [3.05, 3.63) is 52.3 Å². The zero-order chi connectivity index (χ0) is 15.1. The van der Waals surface area contributed by atoms with E-state index in [0.717, 1.165) is 22.5 Å². The molecular formula is C17H25N3. The average molecular weight is 271 g/mol. The van der Waals surface area contributed by atoms with Crippen LogP contribution >= 0.6 is 0 Å². The number of nitrogens with two attached hydrogens (primary N) is 1. The van der Waals surface area contributed by atoms with Gasteiger partial charge in [-0.1, -0.05) is 45.0 Å². The topological polar surface area (TPSA) is 43.8 Å². The van der Waals surface area contributed by atoms with E-state index in [0.29, 0.717) is 0 Å². The van der Waals surface area contributed by atoms with Crippen molar-refractivity contribution in [1.29, 1.82) is 0 Å². The lowest BCUT2D eigenvalue weighted by atomic mass is 9.86. The molecule has 0 saturated carbocycles. The van der Waals surface area contributed by atoms with Crippen LogP contribution in [-0.2, 0) is 12.5 Å². The van der Waals surface area contributed by atoms with E-state index in [9.17, 15) is 0 Å². The van der Waals surface area contributed by atoms with Crippen molar-refractivity contribution in [3.8, 4) is 0 Å². The molecule has 2 aromatic rings. The van der Waals surface area contributed by atoms with Gasteiger partial charge in [0.05, 0.1) is 11.7 Å². The van der Waals surface area contributed by atoms with Crippen LogP contribution in [0.2, 0.25) is 0 Å². The summed E-state index contributed by atoms with van der Waals surface area (Å²) in [5.41, 5.74) is 12.4. The Hall–Kier alpha value is -1.61. The number of hydrogen-bond acceptors (Lipinski definition) is 2. The predicted octanol–water partition coefficient (Wildman–Crippen LogP) is 3.38. The lowest BCUT2D eigenvalue weighted by Crippen LogP contribution is -2.15. The second kappa shape index (κ2) is 5.06. The summed E-state index contributed by atoms with van der Waals surface area (Å²) in [5, 5.41) is 4.45. The summed E-state index contributed by atoms with van der Waals surface area (Å²) < 4.78 is 1.90. The van der Waals surface area contributed by atoms with Crippen LogP contribution < -0.4 is 5.73 Å². The molecule has 1 atom stereocenters. The van der Waals surface area contributed by atoms with Gasteiger partial charge in [0, 0.05) is 18.3 Å². The largest absolute Gasteiger partial charge is 0.320 e. The number of aromatic nitrogens is 2. The third-order valence-corrected chi connectivity index (χ3v) is 4.01. The summed E-state index contributed by atoms with van der Waals surface area (Å²) in [6.07, 6.45) is 0. The molecule has 3 heteroatoms. The van der Waals surface area contributed by atoms with Gasteiger partial charge >= 0.3 is 0 Å². The van der Waals surface area contributed by atoms with Gasteiger partial charge in [-0.2, -0.15) is 5.10 Å². The lowest BCUT2D eigenvalue weighted by Gasteiger charge is -2.20. The molecule has 0 amide bonds. The van der Waals surface area contributed by atoms with E-state index in [1.807, 2.05) is 18.7 Å². The molecule has 0 fully saturated rings. The van der Waals surface area contributed by atoms with Crippen LogP contribution in [0.3, 0.4) is 0 Å². The average Bonchev–Trinajstić information content (AvgIpc) is 2.62. The van der Waals surface area contributed by atoms with Gasteiger partial charge in [-0.15, -0.1) is 0 Å². The number of rotatable bonds is 2. The maximum absolute atomic E-state index is 6.44. The minimum Gasteiger partial charge on any atom is -0.320 e. The van der Waals surface area contributed by atoms with E-state index in [2.05, 4.69) is 57.1 Å². The van der Waals surface area contributed by atoms with Crippen LogP contribution in [0.5, 0.6) is 0 Å². The molecule has 1 aromatic heterocycles. The van der Waals surface area contributed by atoms with Crippen LogP contribution in [0.1, 0.15) is 54.9 Å². The Bertz CT molecular complexity index is 600. The van der Waals surface area contributed by atoms with Crippen molar-refractivity contribution >= 4 is 0 Å². The van der Waals surface area contributed by atoms with Crippen molar-refractivity contribution in [2.75, 3.05) is 0 Å². The van der Waals surface area contributed by atoms with Crippen molar-refractivity contribution < 1.29 is 0 Å². The quantitative estimate of drug-likeness (QED) is 0.910. The van der Waals surface area contributed by atoms with Gasteiger partial charge in [-0.25, -0.2) is 0 Å². The van der Waals surface area contributed by atoms with Gasteiger partial charge in [0.1, 0.15) is 0 Å². The first-order chi connectivity index (χ1) is 9.21. The van der Waals surface area contributed by atoms with Crippen molar-refractivity contribution in [2.24, 2.45) is 12.8 Å². The predicted molar refractivity (Wildman–Crippen MR) is 83.9 cm³/mol. The Balaban J connectivity index is 2.37. The SMILES string of the molecule is Cc1nn(C)c(C)c1C(N)c1ccc(C(C)(C)C)cc1. The first-order valence-corrected chi connectivity index (χ1v) is 7.08. The molecule has 0 saturated heterocycles. The normalized spacial score (nSPS) is 13.6. The maximum Gasteiger partial charge on any atom is 0.0647 e. The molecule has 2 N–H and O–H groups in total. The van der Waals surface area contributed by atoms with Gasteiger partial charge < -0.3 is 5.73 Å². The fourth-order valence-corrected chi connectivity index (χ4v) is 2.60. The number of hydrogen-bond donors (Lipinski definition) is 1. The molecule has 1 aromatic carbocycles. The highest BCUT2D eigenvalue weighted by Crippen LogP contribution is 2.28. The lowest BCUT2D eigenvalue weighted by molar-refractivity contribution is 0.589. The van der Waals surface area contributed by atoms with Crippen LogP contribution in [0.15, 0.2) is 24.3 Å². The fourth-order valence-electron chi connectivity index (χ4n) is 2.60. The van der Waals surface area contributed by atoms with Crippen LogP contribution in [0, 0.1) is 13.8 Å². The van der Waals surface area contributed by atoms with E-state index in [1.54, 1.807) is 0 Å². The Labute approximate surface area is 121 Å². The monoisotopic (exact) mass is 271 g/mol. The molecule has 0 radical (unpaired) electrons. The van der Waals surface area contributed by atoms with E-state index in [4.69, 9.17) is 5.73 Å². The molecule has 0 aliphatic heterocycles. The summed E-state index contributed by atoms with van der Waals surface area (Å²) in [4.78, 5) is 0. The van der Waals surface area contributed by atoms with E-state index < -0.39 is 0 Å². The molecular weight excluding hydrogens is 246 g/mol. The first kappa shape index (κ1) is 14.8. The third-order valence-electron chi connectivity index (χ3n) is 4.01.